The van der Waals surface area contributed by atoms with Gasteiger partial charge in [-0.05, 0) is 43.0 Å². The van der Waals surface area contributed by atoms with Crippen LogP contribution >= 0.6 is 0 Å². The SMILES string of the molecule is CC1(C(=O)O)CCN(C(=O)c2ccc3c(c2)CNC3)CC1. The zero-order valence-electron chi connectivity index (χ0n) is 12.2. The third-order valence-electron chi connectivity index (χ3n) is 4.75. The van der Waals surface area contributed by atoms with E-state index in [4.69, 9.17) is 0 Å². The Bertz CT molecular complexity index is 589. The molecule has 1 aromatic carbocycles. The molecule has 1 fully saturated rings. The van der Waals surface area contributed by atoms with Gasteiger partial charge in [0, 0.05) is 31.7 Å². The number of hydrogen-bond donors (Lipinski definition) is 2. The van der Waals surface area contributed by atoms with E-state index >= 15 is 0 Å². The Morgan fingerprint density at radius 3 is 2.52 bits per heavy atom. The maximum Gasteiger partial charge on any atom is 0.309 e. The molecule has 1 amide bonds. The molecule has 2 N–H and O–H groups in total. The summed E-state index contributed by atoms with van der Waals surface area (Å²) in [5.41, 5.74) is 2.45. The number of piperidine rings is 1. The van der Waals surface area contributed by atoms with Gasteiger partial charge in [0.2, 0.25) is 0 Å². The molecule has 0 saturated carbocycles. The van der Waals surface area contributed by atoms with Gasteiger partial charge >= 0.3 is 5.97 Å². The average molecular weight is 288 g/mol. The number of carbonyl (C=O) groups is 2. The molecule has 5 heteroatoms. The Balaban J connectivity index is 1.71. The summed E-state index contributed by atoms with van der Waals surface area (Å²) in [6.45, 7) is 4.46. The second-order valence-electron chi connectivity index (χ2n) is 6.25. The van der Waals surface area contributed by atoms with Crippen LogP contribution in [-0.4, -0.2) is 35.0 Å². The summed E-state index contributed by atoms with van der Waals surface area (Å²) in [7, 11) is 0. The van der Waals surface area contributed by atoms with Crippen LogP contribution < -0.4 is 5.32 Å². The van der Waals surface area contributed by atoms with Crippen LogP contribution in [0.15, 0.2) is 18.2 Å². The summed E-state index contributed by atoms with van der Waals surface area (Å²) >= 11 is 0. The van der Waals surface area contributed by atoms with Crippen LogP contribution in [0.3, 0.4) is 0 Å². The van der Waals surface area contributed by atoms with Gasteiger partial charge in [-0.15, -0.1) is 0 Å². The number of aliphatic carboxylic acids is 1. The third-order valence-corrected chi connectivity index (χ3v) is 4.75. The van der Waals surface area contributed by atoms with E-state index in [1.165, 1.54) is 11.1 Å². The van der Waals surface area contributed by atoms with E-state index in [0.717, 1.165) is 13.1 Å². The number of nitrogens with zero attached hydrogens (tertiary/aromatic N) is 1. The van der Waals surface area contributed by atoms with Crippen molar-refractivity contribution in [3.63, 3.8) is 0 Å². The highest BCUT2D eigenvalue weighted by Gasteiger charge is 2.38. The Morgan fingerprint density at radius 1 is 1.19 bits per heavy atom. The van der Waals surface area contributed by atoms with Gasteiger partial charge in [0.15, 0.2) is 0 Å². The molecule has 0 atom stereocenters. The first-order valence-corrected chi connectivity index (χ1v) is 7.35. The molecule has 0 unspecified atom stereocenters. The lowest BCUT2D eigenvalue weighted by atomic mass is 9.80. The van der Waals surface area contributed by atoms with Crippen molar-refractivity contribution >= 4 is 11.9 Å². The number of nitrogens with one attached hydrogen (secondary N) is 1. The number of likely N-dealkylation sites (tertiary alicyclic amines) is 1. The van der Waals surface area contributed by atoms with Crippen molar-refractivity contribution in [1.29, 1.82) is 0 Å². The van der Waals surface area contributed by atoms with Crippen LogP contribution in [0.4, 0.5) is 0 Å². The molecule has 1 saturated heterocycles. The van der Waals surface area contributed by atoms with Gasteiger partial charge < -0.3 is 15.3 Å². The number of carboxylic acids is 1. The van der Waals surface area contributed by atoms with E-state index in [1.807, 2.05) is 18.2 Å². The zero-order chi connectivity index (χ0) is 15.0. The molecule has 1 aromatic rings. The zero-order valence-corrected chi connectivity index (χ0v) is 12.2. The summed E-state index contributed by atoms with van der Waals surface area (Å²) < 4.78 is 0. The lowest BCUT2D eigenvalue weighted by molar-refractivity contribution is -0.150. The van der Waals surface area contributed by atoms with E-state index < -0.39 is 11.4 Å². The predicted octanol–water partition coefficient (Wildman–Crippen LogP) is 1.62. The van der Waals surface area contributed by atoms with Crippen LogP contribution in [-0.2, 0) is 17.9 Å². The summed E-state index contributed by atoms with van der Waals surface area (Å²) in [5, 5.41) is 12.5. The second kappa shape index (κ2) is 5.15. The summed E-state index contributed by atoms with van der Waals surface area (Å²) in [6, 6.07) is 5.84. The molecule has 0 aromatic heterocycles. The highest BCUT2D eigenvalue weighted by Crippen LogP contribution is 2.31. The Kier molecular flexibility index (Phi) is 3.45. The molecule has 2 aliphatic heterocycles. The van der Waals surface area contributed by atoms with Gasteiger partial charge in [-0.1, -0.05) is 6.07 Å². The minimum absolute atomic E-state index is 0.0112. The van der Waals surface area contributed by atoms with Crippen LogP contribution in [0.5, 0.6) is 0 Å². The normalized spacial score (nSPS) is 20.1. The minimum Gasteiger partial charge on any atom is -0.481 e. The fraction of sp³-hybridized carbons (Fsp3) is 0.500. The molecule has 2 heterocycles. The number of rotatable bonds is 2. The molecule has 112 valence electrons. The van der Waals surface area contributed by atoms with Crippen molar-refractivity contribution in [1.82, 2.24) is 10.2 Å². The monoisotopic (exact) mass is 288 g/mol. The topological polar surface area (TPSA) is 69.6 Å². The number of fused-ring (bicyclic) bond motifs is 1. The van der Waals surface area contributed by atoms with Crippen molar-refractivity contribution in [3.05, 3.63) is 34.9 Å². The van der Waals surface area contributed by atoms with E-state index in [0.29, 0.717) is 31.5 Å². The number of benzene rings is 1. The average Bonchev–Trinajstić information content (AvgIpc) is 2.94. The van der Waals surface area contributed by atoms with Crippen molar-refractivity contribution in [2.75, 3.05) is 13.1 Å². The van der Waals surface area contributed by atoms with Crippen LogP contribution in [0.2, 0.25) is 0 Å². The quantitative estimate of drug-likeness (QED) is 0.867. The predicted molar refractivity (Wildman–Crippen MR) is 77.9 cm³/mol. The fourth-order valence-electron chi connectivity index (χ4n) is 3.03. The Morgan fingerprint density at radius 2 is 1.86 bits per heavy atom. The Labute approximate surface area is 123 Å². The molecule has 21 heavy (non-hydrogen) atoms. The lowest BCUT2D eigenvalue weighted by Gasteiger charge is -2.36. The number of carboxylic acid groups (broad SMARTS) is 1. The summed E-state index contributed by atoms with van der Waals surface area (Å²) in [6.07, 6.45) is 1.03. The minimum atomic E-state index is -0.766. The van der Waals surface area contributed by atoms with Crippen LogP contribution in [0, 0.1) is 5.41 Å². The van der Waals surface area contributed by atoms with Gasteiger partial charge in [0.1, 0.15) is 0 Å². The maximum atomic E-state index is 12.5. The molecule has 0 bridgehead atoms. The number of carbonyl (C=O) groups excluding carboxylic acids is 1. The van der Waals surface area contributed by atoms with E-state index in [-0.39, 0.29) is 5.91 Å². The second-order valence-corrected chi connectivity index (χ2v) is 6.25. The summed E-state index contributed by atoms with van der Waals surface area (Å²) in [5.74, 6) is -0.754. The van der Waals surface area contributed by atoms with E-state index in [1.54, 1.807) is 11.8 Å². The lowest BCUT2D eigenvalue weighted by Crippen LogP contribution is -2.45. The highest BCUT2D eigenvalue weighted by atomic mass is 16.4. The smallest absolute Gasteiger partial charge is 0.309 e. The number of hydrogen-bond acceptors (Lipinski definition) is 3. The molecule has 5 nitrogen and oxygen atoms in total. The first kappa shape index (κ1) is 14.1. The van der Waals surface area contributed by atoms with Crippen LogP contribution in [0.25, 0.3) is 0 Å². The molecule has 2 aliphatic rings. The van der Waals surface area contributed by atoms with Crippen molar-refractivity contribution < 1.29 is 14.7 Å². The highest BCUT2D eigenvalue weighted by molar-refractivity contribution is 5.94. The van der Waals surface area contributed by atoms with Gasteiger partial charge in [-0.25, -0.2) is 0 Å². The first-order chi connectivity index (χ1) is 9.99. The van der Waals surface area contributed by atoms with E-state index in [2.05, 4.69) is 5.32 Å². The molecule has 0 aliphatic carbocycles. The van der Waals surface area contributed by atoms with Gasteiger partial charge in [-0.2, -0.15) is 0 Å². The van der Waals surface area contributed by atoms with Gasteiger partial charge in [0.05, 0.1) is 5.41 Å². The number of amides is 1. The van der Waals surface area contributed by atoms with Crippen molar-refractivity contribution in [3.8, 4) is 0 Å². The molecule has 3 rings (SSSR count). The van der Waals surface area contributed by atoms with Gasteiger partial charge in [-0.3, -0.25) is 9.59 Å². The molecule has 0 spiro atoms. The standard InChI is InChI=1S/C16H20N2O3/c1-16(15(20)21)4-6-18(7-5-16)14(19)11-2-3-12-9-17-10-13(12)8-11/h2-3,8,17H,4-7,9-10H2,1H3,(H,20,21). The Hall–Kier alpha value is -1.88. The molecule has 0 radical (unpaired) electrons. The van der Waals surface area contributed by atoms with E-state index in [9.17, 15) is 14.7 Å². The van der Waals surface area contributed by atoms with Crippen molar-refractivity contribution in [2.45, 2.75) is 32.9 Å². The van der Waals surface area contributed by atoms with Crippen molar-refractivity contribution in [2.24, 2.45) is 5.41 Å². The molecular formula is C16H20N2O3. The maximum absolute atomic E-state index is 12.5. The van der Waals surface area contributed by atoms with Crippen LogP contribution in [0.1, 0.15) is 41.3 Å². The largest absolute Gasteiger partial charge is 0.481 e. The fourth-order valence-corrected chi connectivity index (χ4v) is 3.03. The third kappa shape index (κ3) is 2.53. The first-order valence-electron chi connectivity index (χ1n) is 7.35. The van der Waals surface area contributed by atoms with Gasteiger partial charge in [0.25, 0.3) is 5.91 Å². The molecular weight excluding hydrogens is 268 g/mol. The summed E-state index contributed by atoms with van der Waals surface area (Å²) in [4.78, 5) is 25.6.